The number of nitrogens with zero attached hydrogens (tertiary/aromatic N) is 3. The summed E-state index contributed by atoms with van der Waals surface area (Å²) in [6.07, 6.45) is 0.313. The van der Waals surface area contributed by atoms with Crippen LogP contribution < -0.4 is 5.32 Å². The van der Waals surface area contributed by atoms with Crippen LogP contribution in [0.4, 0.5) is 10.5 Å². The number of benzene rings is 1. The van der Waals surface area contributed by atoms with Gasteiger partial charge >= 0.3 is 6.03 Å². The van der Waals surface area contributed by atoms with Gasteiger partial charge in [-0.1, -0.05) is 13.8 Å². The number of hydrogen-bond donors (Lipinski definition) is 1. The van der Waals surface area contributed by atoms with E-state index >= 15 is 0 Å². The Balaban J connectivity index is 2.69. The maximum Gasteiger partial charge on any atom is 0.321 e. The van der Waals surface area contributed by atoms with Crippen molar-refractivity contribution in [1.29, 1.82) is 10.5 Å². The number of urea groups is 1. The molecule has 0 aliphatic heterocycles. The first-order chi connectivity index (χ1) is 9.56. The van der Waals surface area contributed by atoms with Crippen molar-refractivity contribution in [3.05, 3.63) is 29.8 Å². The molecule has 0 aliphatic rings. The van der Waals surface area contributed by atoms with Crippen molar-refractivity contribution in [1.82, 2.24) is 4.90 Å². The van der Waals surface area contributed by atoms with Crippen LogP contribution in [0.25, 0.3) is 0 Å². The molecule has 0 spiro atoms. The summed E-state index contributed by atoms with van der Waals surface area (Å²) in [5.41, 5.74) is 1.19. The Morgan fingerprint density at radius 3 is 2.45 bits per heavy atom. The molecule has 0 saturated carbocycles. The Morgan fingerprint density at radius 1 is 1.30 bits per heavy atom. The number of nitrogens with one attached hydrogen (secondary N) is 1. The summed E-state index contributed by atoms with van der Waals surface area (Å²) in [6.45, 7) is 5.06. The quantitative estimate of drug-likeness (QED) is 0.893. The normalized spacial score (nSPS) is 9.65. The average molecular weight is 270 g/mol. The van der Waals surface area contributed by atoms with Crippen molar-refractivity contribution >= 4 is 11.7 Å². The third-order valence-corrected chi connectivity index (χ3v) is 2.63. The van der Waals surface area contributed by atoms with E-state index in [1.165, 1.54) is 0 Å². The molecule has 1 rings (SSSR count). The average Bonchev–Trinajstić information content (AvgIpc) is 2.43. The molecule has 0 atom stereocenters. The Bertz CT molecular complexity index is 522. The largest absolute Gasteiger partial charge is 0.323 e. The molecule has 1 N–H and O–H groups in total. The first kappa shape index (κ1) is 15.5. The molecule has 2 amide bonds. The van der Waals surface area contributed by atoms with Crippen molar-refractivity contribution in [3.63, 3.8) is 0 Å². The Hall–Kier alpha value is -2.53. The molecule has 0 aliphatic carbocycles. The molecule has 0 saturated heterocycles. The zero-order valence-corrected chi connectivity index (χ0v) is 11.8. The fraction of sp³-hybridized carbons (Fsp3) is 0.400. The second-order valence-corrected chi connectivity index (χ2v) is 4.87. The van der Waals surface area contributed by atoms with Crippen LogP contribution in [0.5, 0.6) is 0 Å². The molecule has 5 heteroatoms. The standard InChI is InChI=1S/C15H18N4O/c1-12(2)11-19(9-3-8-16)15(20)18-14-6-4-13(10-17)5-7-14/h4-7,12H,3,9,11H2,1-2H3,(H,18,20). The van der Waals surface area contributed by atoms with Crippen molar-refractivity contribution in [2.24, 2.45) is 5.92 Å². The topological polar surface area (TPSA) is 79.9 Å². The van der Waals surface area contributed by atoms with Gasteiger partial charge in [-0.2, -0.15) is 10.5 Å². The molecule has 0 fully saturated rings. The summed E-state index contributed by atoms with van der Waals surface area (Å²) in [6, 6.07) is 10.5. The van der Waals surface area contributed by atoms with E-state index in [0.29, 0.717) is 36.7 Å². The van der Waals surface area contributed by atoms with Crippen LogP contribution in [0.3, 0.4) is 0 Å². The number of carbonyl (C=O) groups excluding carboxylic acids is 1. The van der Waals surface area contributed by atoms with E-state index in [1.54, 1.807) is 29.2 Å². The van der Waals surface area contributed by atoms with Gasteiger partial charge in [-0.25, -0.2) is 4.79 Å². The number of carbonyl (C=O) groups is 1. The van der Waals surface area contributed by atoms with E-state index < -0.39 is 0 Å². The maximum atomic E-state index is 12.1. The van der Waals surface area contributed by atoms with Gasteiger partial charge in [0, 0.05) is 18.8 Å². The molecule has 0 radical (unpaired) electrons. The van der Waals surface area contributed by atoms with E-state index in [2.05, 4.69) is 5.32 Å². The minimum atomic E-state index is -0.223. The summed E-state index contributed by atoms with van der Waals surface area (Å²) < 4.78 is 0. The highest BCUT2D eigenvalue weighted by atomic mass is 16.2. The van der Waals surface area contributed by atoms with Crippen LogP contribution in [0, 0.1) is 28.6 Å². The lowest BCUT2D eigenvalue weighted by molar-refractivity contribution is 0.206. The van der Waals surface area contributed by atoms with Crippen molar-refractivity contribution < 1.29 is 4.79 Å². The lowest BCUT2D eigenvalue weighted by atomic mass is 10.2. The molecular formula is C15H18N4O. The lowest BCUT2D eigenvalue weighted by Gasteiger charge is -2.24. The molecule has 0 aromatic heterocycles. The van der Waals surface area contributed by atoms with Crippen molar-refractivity contribution in [3.8, 4) is 12.1 Å². The summed E-state index contributed by atoms with van der Waals surface area (Å²) in [7, 11) is 0. The van der Waals surface area contributed by atoms with Crippen LogP contribution in [-0.4, -0.2) is 24.0 Å². The second-order valence-electron chi connectivity index (χ2n) is 4.87. The van der Waals surface area contributed by atoms with Gasteiger partial charge in [0.25, 0.3) is 0 Å². The molecule has 0 bridgehead atoms. The monoisotopic (exact) mass is 270 g/mol. The molecule has 1 aromatic rings. The van der Waals surface area contributed by atoms with Gasteiger partial charge in [-0.05, 0) is 30.2 Å². The van der Waals surface area contributed by atoms with Gasteiger partial charge in [0.2, 0.25) is 0 Å². The van der Waals surface area contributed by atoms with Gasteiger partial charge in [0.15, 0.2) is 0 Å². The third kappa shape index (κ3) is 4.99. The third-order valence-electron chi connectivity index (χ3n) is 2.63. The van der Waals surface area contributed by atoms with Gasteiger partial charge in [0.05, 0.1) is 24.1 Å². The highest BCUT2D eigenvalue weighted by Crippen LogP contribution is 2.10. The fourth-order valence-corrected chi connectivity index (χ4v) is 1.73. The molecule has 5 nitrogen and oxygen atoms in total. The molecule has 1 aromatic carbocycles. The van der Waals surface area contributed by atoms with Gasteiger partial charge in [-0.3, -0.25) is 0 Å². The zero-order chi connectivity index (χ0) is 15.0. The van der Waals surface area contributed by atoms with Crippen molar-refractivity contribution in [2.75, 3.05) is 18.4 Å². The van der Waals surface area contributed by atoms with Gasteiger partial charge in [0.1, 0.15) is 0 Å². The van der Waals surface area contributed by atoms with Crippen LogP contribution in [0.2, 0.25) is 0 Å². The van der Waals surface area contributed by atoms with Crippen LogP contribution in [0.1, 0.15) is 25.8 Å². The van der Waals surface area contributed by atoms with E-state index in [-0.39, 0.29) is 6.03 Å². The lowest BCUT2D eigenvalue weighted by Crippen LogP contribution is -2.38. The van der Waals surface area contributed by atoms with Gasteiger partial charge < -0.3 is 10.2 Å². The summed E-state index contributed by atoms with van der Waals surface area (Å²) >= 11 is 0. The second kappa shape index (κ2) is 7.81. The number of hydrogen-bond acceptors (Lipinski definition) is 3. The van der Waals surface area contributed by atoms with E-state index in [0.717, 1.165) is 0 Å². The van der Waals surface area contributed by atoms with Gasteiger partial charge in [-0.15, -0.1) is 0 Å². The van der Waals surface area contributed by atoms with E-state index in [4.69, 9.17) is 10.5 Å². The number of anilines is 1. The predicted molar refractivity (Wildman–Crippen MR) is 76.8 cm³/mol. The fourth-order valence-electron chi connectivity index (χ4n) is 1.73. The van der Waals surface area contributed by atoms with Crippen molar-refractivity contribution in [2.45, 2.75) is 20.3 Å². The molecular weight excluding hydrogens is 252 g/mol. The predicted octanol–water partition coefficient (Wildman–Crippen LogP) is 2.96. The zero-order valence-electron chi connectivity index (χ0n) is 11.8. The SMILES string of the molecule is CC(C)CN(CCC#N)C(=O)Nc1ccc(C#N)cc1. The Labute approximate surface area is 119 Å². The van der Waals surface area contributed by atoms with Crippen LogP contribution in [-0.2, 0) is 0 Å². The highest BCUT2D eigenvalue weighted by Gasteiger charge is 2.14. The molecule has 0 unspecified atom stereocenters. The maximum absolute atomic E-state index is 12.1. The highest BCUT2D eigenvalue weighted by molar-refractivity contribution is 5.89. The first-order valence-electron chi connectivity index (χ1n) is 6.50. The summed E-state index contributed by atoms with van der Waals surface area (Å²) in [5.74, 6) is 0.334. The molecule has 20 heavy (non-hydrogen) atoms. The first-order valence-corrected chi connectivity index (χ1v) is 6.50. The summed E-state index contributed by atoms with van der Waals surface area (Å²) in [5, 5.41) is 20.1. The summed E-state index contributed by atoms with van der Waals surface area (Å²) in [4.78, 5) is 13.8. The van der Waals surface area contributed by atoms with E-state index in [1.807, 2.05) is 26.0 Å². The minimum Gasteiger partial charge on any atom is -0.323 e. The van der Waals surface area contributed by atoms with Crippen LogP contribution >= 0.6 is 0 Å². The van der Waals surface area contributed by atoms with E-state index in [9.17, 15) is 4.79 Å². The Kier molecular flexibility index (Phi) is 6.06. The smallest absolute Gasteiger partial charge is 0.321 e. The Morgan fingerprint density at radius 2 is 1.95 bits per heavy atom. The molecule has 0 heterocycles. The number of nitriles is 2. The molecule has 104 valence electrons. The number of amides is 2. The minimum absolute atomic E-state index is 0.223. The number of rotatable bonds is 5. The van der Waals surface area contributed by atoms with Crippen LogP contribution in [0.15, 0.2) is 24.3 Å².